The van der Waals surface area contributed by atoms with Crippen molar-refractivity contribution in [2.24, 2.45) is 0 Å². The fourth-order valence-electron chi connectivity index (χ4n) is 2.37. The third-order valence-corrected chi connectivity index (χ3v) is 3.61. The van der Waals surface area contributed by atoms with E-state index in [1.807, 2.05) is 32.0 Å². The van der Waals surface area contributed by atoms with E-state index < -0.39 is 0 Å². The lowest BCUT2D eigenvalue weighted by Gasteiger charge is -2.25. The smallest absolute Gasteiger partial charge is 0.123 e. The first-order chi connectivity index (χ1) is 10.0. The van der Waals surface area contributed by atoms with Crippen LogP contribution in [0, 0.1) is 11.6 Å². The fourth-order valence-corrected chi connectivity index (χ4v) is 2.37. The van der Waals surface area contributed by atoms with Gasteiger partial charge in [0.15, 0.2) is 0 Å². The highest BCUT2D eigenvalue weighted by Crippen LogP contribution is 2.27. The quantitative estimate of drug-likeness (QED) is 0.899. The summed E-state index contributed by atoms with van der Waals surface area (Å²) in [6.45, 7) is 2.54. The highest BCUT2D eigenvalue weighted by molar-refractivity contribution is 5.55. The first-order valence-corrected chi connectivity index (χ1v) is 6.93. The average molecular weight is 290 g/mol. The molecule has 21 heavy (non-hydrogen) atoms. The second kappa shape index (κ2) is 6.68. The van der Waals surface area contributed by atoms with Gasteiger partial charge in [-0.2, -0.15) is 0 Å². The maximum Gasteiger partial charge on any atom is 0.123 e. The Hall–Kier alpha value is -1.94. The second-order valence-electron chi connectivity index (χ2n) is 5.20. The topological polar surface area (TPSA) is 15.3 Å². The first-order valence-electron chi connectivity index (χ1n) is 6.93. The SMILES string of the molecule is CNC(C)c1cc(F)ccc1N(C)Cc1cccc(F)c1. The predicted octanol–water partition coefficient (Wildman–Crippen LogP) is 3.88. The molecule has 4 heteroatoms. The summed E-state index contributed by atoms with van der Waals surface area (Å²) in [5, 5.41) is 3.12. The zero-order valence-electron chi connectivity index (χ0n) is 12.5. The van der Waals surface area contributed by atoms with Crippen molar-refractivity contribution < 1.29 is 8.78 Å². The number of halogens is 2. The van der Waals surface area contributed by atoms with Gasteiger partial charge in [0.1, 0.15) is 11.6 Å². The van der Waals surface area contributed by atoms with Crippen LogP contribution in [-0.4, -0.2) is 14.1 Å². The summed E-state index contributed by atoms with van der Waals surface area (Å²) >= 11 is 0. The van der Waals surface area contributed by atoms with E-state index in [2.05, 4.69) is 5.32 Å². The Labute approximate surface area is 124 Å². The highest BCUT2D eigenvalue weighted by atomic mass is 19.1. The number of benzene rings is 2. The van der Waals surface area contributed by atoms with Gasteiger partial charge < -0.3 is 10.2 Å². The van der Waals surface area contributed by atoms with Crippen molar-refractivity contribution in [2.75, 3.05) is 19.0 Å². The number of rotatable bonds is 5. The molecule has 0 aromatic heterocycles. The average Bonchev–Trinajstić information content (AvgIpc) is 2.46. The van der Waals surface area contributed by atoms with Gasteiger partial charge in [-0.1, -0.05) is 12.1 Å². The second-order valence-corrected chi connectivity index (χ2v) is 5.20. The summed E-state index contributed by atoms with van der Waals surface area (Å²) in [5.41, 5.74) is 2.70. The van der Waals surface area contributed by atoms with Gasteiger partial charge in [0.25, 0.3) is 0 Å². The van der Waals surface area contributed by atoms with E-state index in [0.717, 1.165) is 16.8 Å². The van der Waals surface area contributed by atoms with Crippen molar-refractivity contribution in [1.29, 1.82) is 0 Å². The molecule has 0 heterocycles. The summed E-state index contributed by atoms with van der Waals surface area (Å²) in [5.74, 6) is -0.501. The molecule has 0 aliphatic carbocycles. The zero-order valence-corrected chi connectivity index (χ0v) is 12.5. The van der Waals surface area contributed by atoms with Crippen LogP contribution in [0.4, 0.5) is 14.5 Å². The minimum Gasteiger partial charge on any atom is -0.370 e. The Morgan fingerprint density at radius 1 is 1.10 bits per heavy atom. The van der Waals surface area contributed by atoms with Crippen LogP contribution >= 0.6 is 0 Å². The van der Waals surface area contributed by atoms with Gasteiger partial charge in [0, 0.05) is 25.3 Å². The molecule has 0 radical (unpaired) electrons. The molecule has 0 aliphatic heterocycles. The van der Waals surface area contributed by atoms with Crippen LogP contribution in [0.5, 0.6) is 0 Å². The third kappa shape index (κ3) is 3.79. The molecule has 0 amide bonds. The lowest BCUT2D eigenvalue weighted by molar-refractivity contribution is 0.607. The fraction of sp³-hybridized carbons (Fsp3) is 0.294. The van der Waals surface area contributed by atoms with Crippen LogP contribution in [0.3, 0.4) is 0 Å². The van der Waals surface area contributed by atoms with Crippen molar-refractivity contribution in [1.82, 2.24) is 5.32 Å². The van der Waals surface area contributed by atoms with Crippen LogP contribution < -0.4 is 10.2 Å². The normalized spacial score (nSPS) is 12.2. The third-order valence-electron chi connectivity index (χ3n) is 3.61. The van der Waals surface area contributed by atoms with Crippen LogP contribution in [0.2, 0.25) is 0 Å². The number of hydrogen-bond donors (Lipinski definition) is 1. The maximum atomic E-state index is 13.5. The van der Waals surface area contributed by atoms with E-state index in [9.17, 15) is 8.78 Å². The summed E-state index contributed by atoms with van der Waals surface area (Å²) in [6, 6.07) is 11.3. The van der Waals surface area contributed by atoms with Crippen molar-refractivity contribution in [2.45, 2.75) is 19.5 Å². The first kappa shape index (κ1) is 15.4. The molecule has 2 nitrogen and oxygen atoms in total. The van der Waals surface area contributed by atoms with Gasteiger partial charge >= 0.3 is 0 Å². The van der Waals surface area contributed by atoms with E-state index in [4.69, 9.17) is 0 Å². The minimum atomic E-state index is -0.255. The standard InChI is InChI=1S/C17H20F2N2/c1-12(20-2)16-10-15(19)7-8-17(16)21(3)11-13-5-4-6-14(18)9-13/h4-10,12,20H,11H2,1-3H3. The molecule has 0 bridgehead atoms. The van der Waals surface area contributed by atoms with Crippen molar-refractivity contribution in [3.63, 3.8) is 0 Å². The Kier molecular flexibility index (Phi) is 4.91. The summed E-state index contributed by atoms with van der Waals surface area (Å²) in [6.07, 6.45) is 0. The zero-order chi connectivity index (χ0) is 15.4. The van der Waals surface area contributed by atoms with Gasteiger partial charge in [-0.25, -0.2) is 8.78 Å². The van der Waals surface area contributed by atoms with Gasteiger partial charge in [-0.15, -0.1) is 0 Å². The summed E-state index contributed by atoms with van der Waals surface area (Å²) in [7, 11) is 3.76. The minimum absolute atomic E-state index is 0.0330. The Morgan fingerprint density at radius 2 is 1.81 bits per heavy atom. The van der Waals surface area contributed by atoms with Gasteiger partial charge in [0.05, 0.1) is 0 Å². The van der Waals surface area contributed by atoms with Crippen molar-refractivity contribution >= 4 is 5.69 Å². The molecule has 1 N–H and O–H groups in total. The van der Waals surface area contributed by atoms with Crippen molar-refractivity contribution in [3.05, 3.63) is 65.2 Å². The molecule has 2 aromatic rings. The van der Waals surface area contributed by atoms with Crippen LogP contribution in [0.25, 0.3) is 0 Å². The molecule has 0 spiro atoms. The Balaban J connectivity index is 2.28. The lowest BCUT2D eigenvalue weighted by Crippen LogP contribution is -2.21. The molecular weight excluding hydrogens is 270 g/mol. The largest absolute Gasteiger partial charge is 0.370 e. The number of hydrogen-bond acceptors (Lipinski definition) is 2. The Morgan fingerprint density at radius 3 is 2.48 bits per heavy atom. The van der Waals surface area contributed by atoms with Crippen LogP contribution in [0.15, 0.2) is 42.5 Å². The van der Waals surface area contributed by atoms with E-state index in [1.165, 1.54) is 18.2 Å². The van der Waals surface area contributed by atoms with Gasteiger partial charge in [-0.3, -0.25) is 0 Å². The molecule has 112 valence electrons. The highest BCUT2D eigenvalue weighted by Gasteiger charge is 2.14. The molecule has 0 aliphatic rings. The van der Waals surface area contributed by atoms with Gasteiger partial charge in [-0.05, 0) is 55.4 Å². The molecule has 1 atom stereocenters. The molecule has 2 aromatic carbocycles. The molecular formula is C17H20F2N2. The van der Waals surface area contributed by atoms with Crippen molar-refractivity contribution in [3.8, 4) is 0 Å². The molecule has 0 saturated heterocycles. The molecule has 1 unspecified atom stereocenters. The molecule has 2 rings (SSSR count). The lowest BCUT2D eigenvalue weighted by atomic mass is 10.0. The monoisotopic (exact) mass is 290 g/mol. The number of nitrogens with one attached hydrogen (secondary N) is 1. The Bertz CT molecular complexity index is 613. The van der Waals surface area contributed by atoms with E-state index in [-0.39, 0.29) is 17.7 Å². The summed E-state index contributed by atoms with van der Waals surface area (Å²) < 4.78 is 26.7. The van der Waals surface area contributed by atoms with Gasteiger partial charge in [0.2, 0.25) is 0 Å². The van der Waals surface area contributed by atoms with E-state index in [1.54, 1.807) is 18.2 Å². The van der Waals surface area contributed by atoms with E-state index in [0.29, 0.717) is 6.54 Å². The summed E-state index contributed by atoms with van der Waals surface area (Å²) in [4.78, 5) is 2.00. The molecule has 0 fully saturated rings. The number of nitrogens with zero attached hydrogens (tertiary/aromatic N) is 1. The van der Waals surface area contributed by atoms with Crippen LogP contribution in [-0.2, 0) is 6.54 Å². The molecule has 0 saturated carbocycles. The predicted molar refractivity (Wildman–Crippen MR) is 82.4 cm³/mol. The maximum absolute atomic E-state index is 13.5. The van der Waals surface area contributed by atoms with Crippen LogP contribution in [0.1, 0.15) is 24.1 Å². The number of anilines is 1. The van der Waals surface area contributed by atoms with E-state index >= 15 is 0 Å².